The van der Waals surface area contributed by atoms with Gasteiger partial charge < -0.3 is 10.4 Å². The van der Waals surface area contributed by atoms with E-state index in [2.05, 4.69) is 27.9 Å². The van der Waals surface area contributed by atoms with Crippen molar-refractivity contribution in [2.75, 3.05) is 11.9 Å². The fourth-order valence-electron chi connectivity index (χ4n) is 0.920. The Morgan fingerprint density at radius 2 is 2.29 bits per heavy atom. The summed E-state index contributed by atoms with van der Waals surface area (Å²) in [7, 11) is 0. The zero-order valence-electron chi connectivity index (χ0n) is 7.26. The molecule has 1 aromatic carbocycles. The molecule has 0 saturated heterocycles. The molecule has 0 radical (unpaired) electrons. The lowest BCUT2D eigenvalue weighted by molar-refractivity contribution is -0.136. The van der Waals surface area contributed by atoms with Crippen molar-refractivity contribution in [2.24, 2.45) is 0 Å². The summed E-state index contributed by atoms with van der Waals surface area (Å²) in [6, 6.07) is 5.53. The first kappa shape index (κ1) is 11.6. The van der Waals surface area contributed by atoms with Crippen LogP contribution in [0.2, 0.25) is 5.02 Å². The summed E-state index contributed by atoms with van der Waals surface area (Å²) >= 11 is 8.03. The number of rotatable bonds is 4. The van der Waals surface area contributed by atoms with Gasteiger partial charge >= 0.3 is 5.97 Å². The number of carboxylic acids is 1. The molecule has 0 heterocycles. The minimum Gasteiger partial charge on any atom is -0.481 e. The molecular formula is C9H9ClINO2. The number of carboxylic acid groups (broad SMARTS) is 1. The second-order valence-electron chi connectivity index (χ2n) is 2.70. The smallest absolute Gasteiger partial charge is 0.305 e. The Hall–Kier alpha value is -0.490. The molecule has 1 rings (SSSR count). The molecule has 5 heteroatoms. The highest BCUT2D eigenvalue weighted by molar-refractivity contribution is 14.1. The van der Waals surface area contributed by atoms with E-state index >= 15 is 0 Å². The van der Waals surface area contributed by atoms with E-state index in [1.807, 2.05) is 12.1 Å². The largest absolute Gasteiger partial charge is 0.481 e. The predicted octanol–water partition coefficient (Wildman–Crippen LogP) is 2.83. The number of nitrogens with one attached hydrogen (secondary N) is 1. The van der Waals surface area contributed by atoms with Crippen molar-refractivity contribution in [2.45, 2.75) is 6.42 Å². The minimum absolute atomic E-state index is 0.101. The molecule has 0 amide bonds. The lowest BCUT2D eigenvalue weighted by Gasteiger charge is -2.05. The maximum atomic E-state index is 10.2. The van der Waals surface area contributed by atoms with E-state index in [0.29, 0.717) is 11.6 Å². The van der Waals surface area contributed by atoms with Crippen molar-refractivity contribution in [1.29, 1.82) is 0 Å². The molecule has 0 spiro atoms. The van der Waals surface area contributed by atoms with Gasteiger partial charge in [-0.25, -0.2) is 0 Å². The van der Waals surface area contributed by atoms with Crippen LogP contribution < -0.4 is 5.32 Å². The normalized spacial score (nSPS) is 9.86. The lowest BCUT2D eigenvalue weighted by atomic mass is 10.3. The Morgan fingerprint density at radius 3 is 2.86 bits per heavy atom. The topological polar surface area (TPSA) is 49.3 Å². The van der Waals surface area contributed by atoms with E-state index in [0.717, 1.165) is 9.26 Å². The van der Waals surface area contributed by atoms with E-state index in [9.17, 15) is 4.79 Å². The van der Waals surface area contributed by atoms with Crippen molar-refractivity contribution in [3.05, 3.63) is 26.8 Å². The van der Waals surface area contributed by atoms with Gasteiger partial charge in [0.05, 0.1) is 11.4 Å². The van der Waals surface area contributed by atoms with E-state index in [4.69, 9.17) is 16.7 Å². The Labute approximate surface area is 101 Å². The van der Waals surface area contributed by atoms with E-state index in [-0.39, 0.29) is 6.42 Å². The number of aliphatic carboxylic acids is 1. The second kappa shape index (κ2) is 5.41. The lowest BCUT2D eigenvalue weighted by Crippen LogP contribution is -2.07. The van der Waals surface area contributed by atoms with Crippen LogP contribution >= 0.6 is 34.2 Å². The van der Waals surface area contributed by atoms with Gasteiger partial charge in [-0.3, -0.25) is 4.79 Å². The molecule has 0 fully saturated rings. The molecule has 0 bridgehead atoms. The van der Waals surface area contributed by atoms with Gasteiger partial charge in [0.2, 0.25) is 0 Å². The molecule has 0 atom stereocenters. The molecule has 0 aliphatic carbocycles. The van der Waals surface area contributed by atoms with Crippen molar-refractivity contribution >= 4 is 45.8 Å². The first-order valence-electron chi connectivity index (χ1n) is 4.00. The monoisotopic (exact) mass is 325 g/mol. The molecule has 0 aliphatic rings. The van der Waals surface area contributed by atoms with Crippen LogP contribution in [-0.2, 0) is 4.79 Å². The van der Waals surface area contributed by atoms with E-state index < -0.39 is 5.97 Å². The second-order valence-corrected chi connectivity index (χ2v) is 4.27. The zero-order valence-corrected chi connectivity index (χ0v) is 10.2. The molecule has 14 heavy (non-hydrogen) atoms. The third-order valence-corrected chi connectivity index (χ3v) is 3.16. The predicted molar refractivity (Wildman–Crippen MR) is 64.9 cm³/mol. The van der Waals surface area contributed by atoms with Crippen LogP contribution in [0, 0.1) is 3.57 Å². The first-order valence-corrected chi connectivity index (χ1v) is 5.46. The maximum Gasteiger partial charge on any atom is 0.305 e. The van der Waals surface area contributed by atoms with Gasteiger partial charge in [0.15, 0.2) is 0 Å². The van der Waals surface area contributed by atoms with E-state index in [1.54, 1.807) is 6.07 Å². The molecule has 0 aliphatic heterocycles. The summed E-state index contributed by atoms with van der Waals surface area (Å²) in [5.41, 5.74) is 0.844. The summed E-state index contributed by atoms with van der Waals surface area (Å²) in [4.78, 5) is 10.2. The standard InChI is InChI=1S/C9H9ClINO2/c10-7-5-6(1-2-8(7)11)12-4-3-9(13)14/h1-2,5,12H,3-4H2,(H,13,14). The molecule has 0 saturated carbocycles. The zero-order chi connectivity index (χ0) is 10.6. The van der Waals surface area contributed by atoms with Crippen molar-refractivity contribution in [1.82, 2.24) is 0 Å². The quantitative estimate of drug-likeness (QED) is 0.837. The Balaban J connectivity index is 2.51. The summed E-state index contributed by atoms with van der Waals surface area (Å²) in [5.74, 6) is -0.811. The van der Waals surface area contributed by atoms with Crippen molar-refractivity contribution in [3.63, 3.8) is 0 Å². The molecule has 76 valence electrons. The maximum absolute atomic E-state index is 10.2. The Bertz CT molecular complexity index is 344. The molecule has 1 aromatic rings. The summed E-state index contributed by atoms with van der Waals surface area (Å²) in [6.07, 6.45) is 0.101. The molecule has 0 aromatic heterocycles. The number of benzene rings is 1. The van der Waals surface area contributed by atoms with Gasteiger partial charge in [0.25, 0.3) is 0 Å². The van der Waals surface area contributed by atoms with E-state index in [1.165, 1.54) is 0 Å². The molecular weight excluding hydrogens is 316 g/mol. The Morgan fingerprint density at radius 1 is 1.57 bits per heavy atom. The molecule has 2 N–H and O–H groups in total. The number of hydrogen-bond acceptors (Lipinski definition) is 2. The van der Waals surface area contributed by atoms with Gasteiger partial charge in [-0.1, -0.05) is 11.6 Å². The summed E-state index contributed by atoms with van der Waals surface area (Å²) in [6.45, 7) is 0.409. The van der Waals surface area contributed by atoms with Crippen LogP contribution in [0.15, 0.2) is 18.2 Å². The third-order valence-electron chi connectivity index (χ3n) is 1.59. The average molecular weight is 326 g/mol. The van der Waals surface area contributed by atoms with Gasteiger partial charge in [0, 0.05) is 15.8 Å². The Kier molecular flexibility index (Phi) is 4.47. The fraction of sp³-hybridized carbons (Fsp3) is 0.222. The fourth-order valence-corrected chi connectivity index (χ4v) is 1.44. The van der Waals surface area contributed by atoms with Crippen LogP contribution in [0.25, 0.3) is 0 Å². The van der Waals surface area contributed by atoms with Gasteiger partial charge in [-0.15, -0.1) is 0 Å². The SMILES string of the molecule is O=C(O)CCNc1ccc(I)c(Cl)c1. The third kappa shape index (κ3) is 3.71. The number of halogens is 2. The van der Waals surface area contributed by atoms with Crippen LogP contribution in [0.5, 0.6) is 0 Å². The number of hydrogen-bond donors (Lipinski definition) is 2. The van der Waals surface area contributed by atoms with Gasteiger partial charge in [-0.2, -0.15) is 0 Å². The summed E-state index contributed by atoms with van der Waals surface area (Å²) in [5, 5.41) is 12.1. The number of carbonyl (C=O) groups is 1. The van der Waals surface area contributed by atoms with Crippen LogP contribution in [-0.4, -0.2) is 17.6 Å². The van der Waals surface area contributed by atoms with Crippen molar-refractivity contribution < 1.29 is 9.90 Å². The van der Waals surface area contributed by atoms with Crippen LogP contribution in [0.4, 0.5) is 5.69 Å². The van der Waals surface area contributed by atoms with Crippen LogP contribution in [0.1, 0.15) is 6.42 Å². The highest BCUT2D eigenvalue weighted by Crippen LogP contribution is 2.22. The minimum atomic E-state index is -0.811. The van der Waals surface area contributed by atoms with Crippen LogP contribution in [0.3, 0.4) is 0 Å². The highest BCUT2D eigenvalue weighted by atomic mass is 127. The van der Waals surface area contributed by atoms with Gasteiger partial charge in [0.1, 0.15) is 0 Å². The number of anilines is 1. The van der Waals surface area contributed by atoms with Gasteiger partial charge in [-0.05, 0) is 40.8 Å². The van der Waals surface area contributed by atoms with Crippen molar-refractivity contribution in [3.8, 4) is 0 Å². The average Bonchev–Trinajstić information content (AvgIpc) is 2.10. The highest BCUT2D eigenvalue weighted by Gasteiger charge is 1.99. The molecule has 3 nitrogen and oxygen atoms in total. The first-order chi connectivity index (χ1) is 6.59. The molecule has 0 unspecified atom stereocenters. The summed E-state index contributed by atoms with van der Waals surface area (Å²) < 4.78 is 0.980.